The number of amides is 1. The molecule has 0 radical (unpaired) electrons. The van der Waals surface area contributed by atoms with E-state index in [1.54, 1.807) is 31.2 Å². The summed E-state index contributed by atoms with van der Waals surface area (Å²) >= 11 is 5.83. The molecule has 0 spiro atoms. The van der Waals surface area contributed by atoms with Crippen LogP contribution in [0.25, 0.3) is 11.4 Å². The lowest BCUT2D eigenvalue weighted by molar-refractivity contribution is -0.137. The second-order valence-electron chi connectivity index (χ2n) is 5.42. The molecule has 0 aliphatic carbocycles. The first kappa shape index (κ1) is 17.9. The largest absolute Gasteiger partial charge is 0.481 e. The standard InChI is InChI=1S/C16H18ClN3O4/c1-10(2-9-15(22)23)18-13(21)7-8-14-19-16(20-24-14)11-3-5-12(17)6-4-11/h3-6,10H,2,7-9H2,1H3,(H,18,21)(H,22,23). The van der Waals surface area contributed by atoms with Gasteiger partial charge in [0.2, 0.25) is 17.6 Å². The van der Waals surface area contributed by atoms with Crippen molar-refractivity contribution in [1.29, 1.82) is 0 Å². The lowest BCUT2D eigenvalue weighted by Crippen LogP contribution is -2.33. The van der Waals surface area contributed by atoms with Crippen LogP contribution >= 0.6 is 11.6 Å². The van der Waals surface area contributed by atoms with E-state index in [2.05, 4.69) is 15.5 Å². The van der Waals surface area contributed by atoms with Crippen LogP contribution in [-0.2, 0) is 16.0 Å². The van der Waals surface area contributed by atoms with Gasteiger partial charge in [-0.2, -0.15) is 4.98 Å². The molecule has 7 nitrogen and oxygen atoms in total. The highest BCUT2D eigenvalue weighted by atomic mass is 35.5. The van der Waals surface area contributed by atoms with Crippen molar-refractivity contribution in [2.75, 3.05) is 0 Å². The summed E-state index contributed by atoms with van der Waals surface area (Å²) in [5.74, 6) is -0.249. The monoisotopic (exact) mass is 351 g/mol. The number of nitrogens with zero attached hydrogens (tertiary/aromatic N) is 2. The van der Waals surface area contributed by atoms with Crippen LogP contribution in [0.2, 0.25) is 5.02 Å². The van der Waals surface area contributed by atoms with E-state index >= 15 is 0 Å². The molecule has 0 saturated carbocycles. The predicted octanol–water partition coefficient (Wildman–Crippen LogP) is 2.69. The average molecular weight is 352 g/mol. The highest BCUT2D eigenvalue weighted by Gasteiger charge is 2.13. The SMILES string of the molecule is CC(CCC(=O)O)NC(=O)CCc1nc(-c2ccc(Cl)cc2)no1. The topological polar surface area (TPSA) is 105 Å². The molecule has 2 rings (SSSR count). The Morgan fingerprint density at radius 3 is 2.67 bits per heavy atom. The van der Waals surface area contributed by atoms with Crippen LogP contribution < -0.4 is 5.32 Å². The molecule has 0 aliphatic heterocycles. The van der Waals surface area contributed by atoms with Crippen molar-refractivity contribution >= 4 is 23.5 Å². The van der Waals surface area contributed by atoms with Gasteiger partial charge in [0.15, 0.2) is 0 Å². The van der Waals surface area contributed by atoms with Crippen LogP contribution in [0.15, 0.2) is 28.8 Å². The van der Waals surface area contributed by atoms with E-state index in [0.717, 1.165) is 5.56 Å². The molecule has 8 heteroatoms. The van der Waals surface area contributed by atoms with E-state index in [4.69, 9.17) is 21.2 Å². The third-order valence-electron chi connectivity index (χ3n) is 3.34. The summed E-state index contributed by atoms with van der Waals surface area (Å²) in [6, 6.07) is 6.85. The van der Waals surface area contributed by atoms with E-state index in [9.17, 15) is 9.59 Å². The van der Waals surface area contributed by atoms with Gasteiger partial charge in [0.1, 0.15) is 0 Å². The maximum absolute atomic E-state index is 11.8. The zero-order valence-electron chi connectivity index (χ0n) is 13.2. The molecule has 1 amide bonds. The van der Waals surface area contributed by atoms with Gasteiger partial charge >= 0.3 is 5.97 Å². The van der Waals surface area contributed by atoms with Gasteiger partial charge in [-0.25, -0.2) is 0 Å². The average Bonchev–Trinajstić information content (AvgIpc) is 3.00. The number of carboxylic acid groups (broad SMARTS) is 1. The van der Waals surface area contributed by atoms with E-state index in [-0.39, 0.29) is 24.8 Å². The summed E-state index contributed by atoms with van der Waals surface area (Å²) in [7, 11) is 0. The summed E-state index contributed by atoms with van der Waals surface area (Å²) in [6.07, 6.45) is 0.926. The molecule has 1 unspecified atom stereocenters. The first-order valence-corrected chi connectivity index (χ1v) is 7.91. The van der Waals surface area contributed by atoms with E-state index < -0.39 is 5.97 Å². The maximum atomic E-state index is 11.8. The van der Waals surface area contributed by atoms with E-state index in [1.807, 2.05) is 0 Å². The number of carbonyl (C=O) groups excluding carboxylic acids is 1. The van der Waals surface area contributed by atoms with Crippen molar-refractivity contribution < 1.29 is 19.2 Å². The zero-order chi connectivity index (χ0) is 17.5. The Kier molecular flexibility index (Phi) is 6.31. The number of carbonyl (C=O) groups is 2. The van der Waals surface area contributed by atoms with E-state index in [1.165, 1.54) is 0 Å². The number of aryl methyl sites for hydroxylation is 1. The molecule has 2 N–H and O–H groups in total. The van der Waals surface area contributed by atoms with Gasteiger partial charge < -0.3 is 14.9 Å². The van der Waals surface area contributed by atoms with Gasteiger partial charge in [-0.1, -0.05) is 16.8 Å². The molecule has 2 aromatic rings. The predicted molar refractivity (Wildman–Crippen MR) is 87.5 cm³/mol. The first-order chi connectivity index (χ1) is 11.4. The third-order valence-corrected chi connectivity index (χ3v) is 3.59. The van der Waals surface area contributed by atoms with Crippen molar-refractivity contribution in [1.82, 2.24) is 15.5 Å². The molecule has 1 aromatic heterocycles. The number of benzene rings is 1. The van der Waals surface area contributed by atoms with Crippen molar-refractivity contribution in [3.05, 3.63) is 35.2 Å². The number of hydrogen-bond acceptors (Lipinski definition) is 5. The molecule has 1 aromatic carbocycles. The third kappa shape index (κ3) is 5.66. The summed E-state index contributed by atoms with van der Waals surface area (Å²) in [6.45, 7) is 1.77. The van der Waals surface area contributed by atoms with Gasteiger partial charge in [0, 0.05) is 35.9 Å². The minimum atomic E-state index is -0.878. The van der Waals surface area contributed by atoms with Gasteiger partial charge in [-0.15, -0.1) is 0 Å². The number of rotatable bonds is 8. The Morgan fingerprint density at radius 1 is 1.29 bits per heavy atom. The van der Waals surface area contributed by atoms with Crippen LogP contribution in [-0.4, -0.2) is 33.2 Å². The number of halogens is 1. The molecule has 0 aliphatic rings. The van der Waals surface area contributed by atoms with Crippen LogP contribution in [0.3, 0.4) is 0 Å². The fourth-order valence-electron chi connectivity index (χ4n) is 2.05. The van der Waals surface area contributed by atoms with Crippen LogP contribution in [0.1, 0.15) is 32.1 Å². The second kappa shape index (κ2) is 8.44. The minimum Gasteiger partial charge on any atom is -0.481 e. The number of carboxylic acids is 1. The minimum absolute atomic E-state index is 0.0234. The summed E-state index contributed by atoms with van der Waals surface area (Å²) in [5, 5.41) is 15.9. The maximum Gasteiger partial charge on any atom is 0.303 e. The van der Waals surface area contributed by atoms with Crippen molar-refractivity contribution in [3.8, 4) is 11.4 Å². The molecular weight excluding hydrogens is 334 g/mol. The number of aliphatic carboxylic acids is 1. The number of aromatic nitrogens is 2. The van der Waals surface area contributed by atoms with Crippen LogP contribution in [0.4, 0.5) is 0 Å². The summed E-state index contributed by atoms with van der Waals surface area (Å²) in [5.41, 5.74) is 0.779. The van der Waals surface area contributed by atoms with Crippen LogP contribution in [0, 0.1) is 0 Å². The normalized spacial score (nSPS) is 11.9. The highest BCUT2D eigenvalue weighted by molar-refractivity contribution is 6.30. The van der Waals surface area contributed by atoms with Crippen molar-refractivity contribution in [2.24, 2.45) is 0 Å². The van der Waals surface area contributed by atoms with Gasteiger partial charge in [-0.3, -0.25) is 9.59 Å². The Morgan fingerprint density at radius 2 is 2.00 bits per heavy atom. The van der Waals surface area contributed by atoms with Gasteiger partial charge in [0.05, 0.1) is 0 Å². The van der Waals surface area contributed by atoms with Gasteiger partial charge in [-0.05, 0) is 37.6 Å². The number of nitrogens with one attached hydrogen (secondary N) is 1. The van der Waals surface area contributed by atoms with E-state index in [0.29, 0.717) is 29.6 Å². The molecule has 1 atom stereocenters. The van der Waals surface area contributed by atoms with Crippen LogP contribution in [0.5, 0.6) is 0 Å². The van der Waals surface area contributed by atoms with Crippen molar-refractivity contribution in [2.45, 2.75) is 38.6 Å². The second-order valence-corrected chi connectivity index (χ2v) is 5.86. The molecule has 0 bridgehead atoms. The Hall–Kier alpha value is -2.41. The molecule has 0 fully saturated rings. The van der Waals surface area contributed by atoms with Crippen molar-refractivity contribution in [3.63, 3.8) is 0 Å². The lowest BCUT2D eigenvalue weighted by atomic mass is 10.1. The Bertz CT molecular complexity index is 700. The smallest absolute Gasteiger partial charge is 0.303 e. The fourth-order valence-corrected chi connectivity index (χ4v) is 2.18. The molecule has 128 valence electrons. The lowest BCUT2D eigenvalue weighted by Gasteiger charge is -2.11. The summed E-state index contributed by atoms with van der Waals surface area (Å²) < 4.78 is 5.13. The Labute approximate surface area is 144 Å². The van der Waals surface area contributed by atoms with Gasteiger partial charge in [0.25, 0.3) is 0 Å². The molecule has 1 heterocycles. The highest BCUT2D eigenvalue weighted by Crippen LogP contribution is 2.18. The Balaban J connectivity index is 1.81. The molecule has 24 heavy (non-hydrogen) atoms. The number of hydrogen-bond donors (Lipinski definition) is 2. The quantitative estimate of drug-likeness (QED) is 0.757. The zero-order valence-corrected chi connectivity index (χ0v) is 13.9. The first-order valence-electron chi connectivity index (χ1n) is 7.53. The summed E-state index contributed by atoms with van der Waals surface area (Å²) in [4.78, 5) is 26.6. The molecular formula is C16H18ClN3O4. The molecule has 0 saturated heterocycles. The fraction of sp³-hybridized carbons (Fsp3) is 0.375.